The molecule has 1 aromatic carbocycles. The van der Waals surface area contributed by atoms with E-state index in [1.165, 1.54) is 18.8 Å². The Balaban J connectivity index is 2.65. The quantitative estimate of drug-likeness (QED) is 0.911. The molecule has 0 spiro atoms. The number of fused-ring (bicyclic) bond motifs is 1. The van der Waals surface area contributed by atoms with E-state index in [-0.39, 0.29) is 5.56 Å². The SMILES string of the molecule is COc1cc2[nH]c(=O)n(CCC(C)C)c(=O)c2cc1OC. The lowest BCUT2D eigenvalue weighted by Crippen LogP contribution is -2.35. The van der Waals surface area contributed by atoms with E-state index in [2.05, 4.69) is 4.98 Å². The number of benzene rings is 1. The zero-order valence-electron chi connectivity index (χ0n) is 12.7. The van der Waals surface area contributed by atoms with Gasteiger partial charge in [0, 0.05) is 12.6 Å². The molecule has 0 saturated carbocycles. The summed E-state index contributed by atoms with van der Waals surface area (Å²) < 4.78 is 11.6. The van der Waals surface area contributed by atoms with Crippen molar-refractivity contribution >= 4 is 10.9 Å². The Labute approximate surface area is 122 Å². The van der Waals surface area contributed by atoms with Crippen LogP contribution in [0.1, 0.15) is 20.3 Å². The predicted molar refractivity (Wildman–Crippen MR) is 81.4 cm³/mol. The van der Waals surface area contributed by atoms with Gasteiger partial charge in [0.05, 0.1) is 25.1 Å². The molecule has 1 heterocycles. The largest absolute Gasteiger partial charge is 0.493 e. The van der Waals surface area contributed by atoms with Crippen molar-refractivity contribution in [1.29, 1.82) is 0 Å². The summed E-state index contributed by atoms with van der Waals surface area (Å²) in [4.78, 5) is 27.3. The third-order valence-corrected chi connectivity index (χ3v) is 3.42. The Kier molecular flexibility index (Phi) is 4.35. The molecule has 0 saturated heterocycles. The van der Waals surface area contributed by atoms with Crippen molar-refractivity contribution < 1.29 is 9.47 Å². The van der Waals surface area contributed by atoms with Gasteiger partial charge >= 0.3 is 5.69 Å². The average molecular weight is 292 g/mol. The van der Waals surface area contributed by atoms with Gasteiger partial charge in [-0.25, -0.2) is 4.79 Å². The standard InChI is InChI=1S/C15H20N2O4/c1-9(2)5-6-17-14(18)10-7-12(20-3)13(21-4)8-11(10)16-15(17)19/h7-9H,5-6H2,1-4H3,(H,16,19). The molecule has 0 unspecified atom stereocenters. The second-order valence-electron chi connectivity index (χ2n) is 5.32. The first-order valence-electron chi connectivity index (χ1n) is 6.86. The minimum Gasteiger partial charge on any atom is -0.493 e. The van der Waals surface area contributed by atoms with E-state index in [9.17, 15) is 9.59 Å². The Hall–Kier alpha value is -2.24. The number of aromatic amines is 1. The van der Waals surface area contributed by atoms with Crippen LogP contribution in [-0.2, 0) is 6.54 Å². The summed E-state index contributed by atoms with van der Waals surface area (Å²) in [6, 6.07) is 3.20. The minimum atomic E-state index is -0.402. The van der Waals surface area contributed by atoms with Crippen LogP contribution in [0.4, 0.5) is 0 Å². The zero-order valence-corrected chi connectivity index (χ0v) is 12.7. The fourth-order valence-corrected chi connectivity index (χ4v) is 2.17. The number of hydrogen-bond donors (Lipinski definition) is 1. The summed E-state index contributed by atoms with van der Waals surface area (Å²) in [5.74, 6) is 1.35. The summed E-state index contributed by atoms with van der Waals surface area (Å²) >= 11 is 0. The molecule has 0 bridgehead atoms. The van der Waals surface area contributed by atoms with Crippen LogP contribution in [0.15, 0.2) is 21.7 Å². The molecular formula is C15H20N2O4. The van der Waals surface area contributed by atoms with Gasteiger partial charge in [-0.05, 0) is 18.4 Å². The van der Waals surface area contributed by atoms with Crippen molar-refractivity contribution in [1.82, 2.24) is 9.55 Å². The van der Waals surface area contributed by atoms with Gasteiger partial charge in [-0.1, -0.05) is 13.8 Å². The van der Waals surface area contributed by atoms with Gasteiger partial charge in [0.25, 0.3) is 5.56 Å². The lowest BCUT2D eigenvalue weighted by molar-refractivity contribution is 0.355. The molecule has 21 heavy (non-hydrogen) atoms. The Morgan fingerprint density at radius 3 is 2.33 bits per heavy atom. The predicted octanol–water partition coefficient (Wildman–Crippen LogP) is 1.75. The van der Waals surface area contributed by atoms with Crippen molar-refractivity contribution in [3.05, 3.63) is 33.0 Å². The molecule has 6 nitrogen and oxygen atoms in total. The van der Waals surface area contributed by atoms with Crippen LogP contribution in [0.5, 0.6) is 11.5 Å². The third-order valence-electron chi connectivity index (χ3n) is 3.42. The van der Waals surface area contributed by atoms with Gasteiger partial charge in [-0.3, -0.25) is 9.36 Å². The Morgan fingerprint density at radius 2 is 1.76 bits per heavy atom. The number of H-pyrrole nitrogens is 1. The van der Waals surface area contributed by atoms with E-state index in [1.807, 2.05) is 13.8 Å². The van der Waals surface area contributed by atoms with Crippen LogP contribution in [0.2, 0.25) is 0 Å². The molecule has 1 aromatic heterocycles. The molecule has 0 atom stereocenters. The third kappa shape index (κ3) is 2.94. The number of nitrogens with one attached hydrogen (secondary N) is 1. The number of rotatable bonds is 5. The lowest BCUT2D eigenvalue weighted by Gasteiger charge is -2.11. The molecule has 114 valence electrons. The fourth-order valence-electron chi connectivity index (χ4n) is 2.17. The number of hydrogen-bond acceptors (Lipinski definition) is 4. The lowest BCUT2D eigenvalue weighted by atomic mass is 10.1. The van der Waals surface area contributed by atoms with Crippen molar-refractivity contribution in [2.45, 2.75) is 26.8 Å². The highest BCUT2D eigenvalue weighted by atomic mass is 16.5. The highest BCUT2D eigenvalue weighted by Crippen LogP contribution is 2.29. The monoisotopic (exact) mass is 292 g/mol. The number of aromatic nitrogens is 2. The van der Waals surface area contributed by atoms with Crippen LogP contribution in [0.3, 0.4) is 0 Å². The molecule has 6 heteroatoms. The maximum absolute atomic E-state index is 12.5. The Morgan fingerprint density at radius 1 is 1.14 bits per heavy atom. The van der Waals surface area contributed by atoms with Crippen LogP contribution < -0.4 is 20.7 Å². The van der Waals surface area contributed by atoms with Crippen molar-refractivity contribution in [3.63, 3.8) is 0 Å². The zero-order chi connectivity index (χ0) is 15.6. The van der Waals surface area contributed by atoms with E-state index in [4.69, 9.17) is 9.47 Å². The van der Waals surface area contributed by atoms with E-state index >= 15 is 0 Å². The molecular weight excluding hydrogens is 272 g/mol. The maximum atomic E-state index is 12.5. The number of methoxy groups -OCH3 is 2. The maximum Gasteiger partial charge on any atom is 0.328 e. The molecule has 2 rings (SSSR count). The summed E-state index contributed by atoms with van der Waals surface area (Å²) in [6.45, 7) is 4.50. The minimum absolute atomic E-state index is 0.310. The first kappa shape index (κ1) is 15.2. The molecule has 0 radical (unpaired) electrons. The topological polar surface area (TPSA) is 73.3 Å². The molecule has 2 aromatic rings. The van der Waals surface area contributed by atoms with Gasteiger partial charge in [-0.15, -0.1) is 0 Å². The molecule has 0 aliphatic carbocycles. The molecule has 0 aliphatic rings. The average Bonchev–Trinajstić information content (AvgIpc) is 2.45. The summed E-state index contributed by atoms with van der Waals surface area (Å²) in [5, 5.41) is 0.413. The number of nitrogens with zero attached hydrogens (tertiary/aromatic N) is 1. The van der Waals surface area contributed by atoms with Crippen molar-refractivity contribution in [2.75, 3.05) is 14.2 Å². The molecule has 0 amide bonds. The second kappa shape index (κ2) is 6.03. The molecule has 1 N–H and O–H groups in total. The smallest absolute Gasteiger partial charge is 0.328 e. The van der Waals surface area contributed by atoms with E-state index < -0.39 is 5.69 Å². The van der Waals surface area contributed by atoms with Crippen molar-refractivity contribution in [2.24, 2.45) is 5.92 Å². The van der Waals surface area contributed by atoms with Gasteiger partial charge in [0.2, 0.25) is 0 Å². The van der Waals surface area contributed by atoms with Crippen LogP contribution in [0.25, 0.3) is 10.9 Å². The summed E-state index contributed by atoms with van der Waals surface area (Å²) in [5.41, 5.74) is -0.265. The summed E-state index contributed by atoms with van der Waals surface area (Å²) in [6.07, 6.45) is 0.766. The van der Waals surface area contributed by atoms with Crippen molar-refractivity contribution in [3.8, 4) is 11.5 Å². The first-order valence-corrected chi connectivity index (χ1v) is 6.86. The highest BCUT2D eigenvalue weighted by Gasteiger charge is 2.12. The van der Waals surface area contributed by atoms with Crippen LogP contribution in [-0.4, -0.2) is 23.8 Å². The normalized spacial score (nSPS) is 11.1. The number of ether oxygens (including phenoxy) is 2. The van der Waals surface area contributed by atoms with Gasteiger partial charge in [0.15, 0.2) is 11.5 Å². The van der Waals surface area contributed by atoms with Gasteiger partial charge < -0.3 is 14.5 Å². The Bertz CT molecular complexity index is 759. The van der Waals surface area contributed by atoms with Crippen LogP contribution >= 0.6 is 0 Å². The molecule has 0 aliphatic heterocycles. The van der Waals surface area contributed by atoms with E-state index in [1.54, 1.807) is 12.1 Å². The fraction of sp³-hybridized carbons (Fsp3) is 0.467. The van der Waals surface area contributed by atoms with E-state index in [0.717, 1.165) is 6.42 Å². The van der Waals surface area contributed by atoms with Crippen LogP contribution in [0, 0.1) is 5.92 Å². The highest BCUT2D eigenvalue weighted by molar-refractivity contribution is 5.81. The van der Waals surface area contributed by atoms with E-state index in [0.29, 0.717) is 34.9 Å². The van der Waals surface area contributed by atoms with Gasteiger partial charge in [0.1, 0.15) is 0 Å². The second-order valence-corrected chi connectivity index (χ2v) is 5.32. The first-order chi connectivity index (χ1) is 9.97. The summed E-state index contributed by atoms with van der Waals surface area (Å²) in [7, 11) is 3.01. The molecule has 0 fully saturated rings. The van der Waals surface area contributed by atoms with Gasteiger partial charge in [-0.2, -0.15) is 0 Å².